The van der Waals surface area contributed by atoms with Crippen molar-refractivity contribution in [3.05, 3.63) is 64.5 Å². The van der Waals surface area contributed by atoms with E-state index in [2.05, 4.69) is 4.57 Å². The maximum absolute atomic E-state index is 12.8. The summed E-state index contributed by atoms with van der Waals surface area (Å²) in [6.45, 7) is 5.09. The molecule has 0 radical (unpaired) electrons. The molecule has 0 aliphatic carbocycles. The highest BCUT2D eigenvalue weighted by Gasteiger charge is 2.28. The Morgan fingerprint density at radius 1 is 1.23 bits per heavy atom. The van der Waals surface area contributed by atoms with Crippen molar-refractivity contribution in [3.8, 4) is 6.07 Å². The van der Waals surface area contributed by atoms with Gasteiger partial charge < -0.3 is 18.9 Å². The lowest BCUT2D eigenvalue weighted by Gasteiger charge is -2.21. The predicted octanol–water partition coefficient (Wildman–Crippen LogP) is 3.03. The Morgan fingerprint density at radius 3 is 2.47 bits per heavy atom. The van der Waals surface area contributed by atoms with Crippen LogP contribution in [0.5, 0.6) is 0 Å². The highest BCUT2D eigenvalue weighted by atomic mass is 16.5. The van der Waals surface area contributed by atoms with Gasteiger partial charge in [0.25, 0.3) is 5.91 Å². The summed E-state index contributed by atoms with van der Waals surface area (Å²) in [7, 11) is 4.81. The van der Waals surface area contributed by atoms with Gasteiger partial charge in [0.05, 0.1) is 6.61 Å². The fourth-order valence-electron chi connectivity index (χ4n) is 3.09. The number of hydrogen-bond donors (Lipinski definition) is 0. The van der Waals surface area contributed by atoms with Crippen LogP contribution in [-0.4, -0.2) is 49.2 Å². The van der Waals surface area contributed by atoms with E-state index in [9.17, 15) is 14.9 Å². The number of nitrogens with zero attached hydrogens (tertiary/aromatic N) is 3. The molecular weight excluding hydrogens is 382 g/mol. The average Bonchev–Trinajstić information content (AvgIpc) is 3.00. The summed E-state index contributed by atoms with van der Waals surface area (Å²) >= 11 is 0. The van der Waals surface area contributed by atoms with E-state index in [1.54, 1.807) is 45.5 Å². The molecule has 1 aromatic carbocycles. The molecule has 0 N–H and O–H groups in total. The van der Waals surface area contributed by atoms with Crippen molar-refractivity contribution in [2.75, 3.05) is 27.8 Å². The molecule has 1 heterocycles. The molecular formula is C23H27N3O4. The number of aryl methyl sites for hydroxylation is 1. The Bertz CT molecular complexity index is 968. The molecule has 2 aromatic rings. The SMILES string of the molecule is COCCn1c(C)cc(/C=C(\C#N)C(=O)OC(C(=O)N(C)C)c2ccccc2)c1C. The highest BCUT2D eigenvalue weighted by Crippen LogP contribution is 2.23. The summed E-state index contributed by atoms with van der Waals surface area (Å²) in [5.74, 6) is -1.23. The van der Waals surface area contributed by atoms with Crippen molar-refractivity contribution >= 4 is 18.0 Å². The molecule has 0 aliphatic heterocycles. The van der Waals surface area contributed by atoms with Crippen molar-refractivity contribution in [3.63, 3.8) is 0 Å². The molecule has 0 saturated carbocycles. The average molecular weight is 409 g/mol. The van der Waals surface area contributed by atoms with E-state index in [1.165, 1.54) is 11.0 Å². The molecule has 0 saturated heterocycles. The molecule has 0 fully saturated rings. The third-order valence-electron chi connectivity index (χ3n) is 4.76. The number of esters is 1. The fourth-order valence-corrected chi connectivity index (χ4v) is 3.09. The first-order valence-corrected chi connectivity index (χ1v) is 9.54. The summed E-state index contributed by atoms with van der Waals surface area (Å²) in [6.07, 6.45) is 0.371. The maximum atomic E-state index is 12.8. The normalized spacial score (nSPS) is 12.2. The first kappa shape index (κ1) is 22.9. The number of likely N-dealkylation sites (N-methyl/N-ethyl adjacent to an activating group) is 1. The number of benzene rings is 1. The number of amides is 1. The first-order chi connectivity index (χ1) is 14.3. The van der Waals surface area contributed by atoms with Crippen molar-refractivity contribution in [1.82, 2.24) is 9.47 Å². The zero-order valence-corrected chi connectivity index (χ0v) is 18.0. The summed E-state index contributed by atoms with van der Waals surface area (Å²) in [5, 5.41) is 9.56. The van der Waals surface area contributed by atoms with Crippen molar-refractivity contribution in [2.24, 2.45) is 0 Å². The lowest BCUT2D eigenvalue weighted by molar-refractivity contribution is -0.156. The Hall–Kier alpha value is -3.37. The summed E-state index contributed by atoms with van der Waals surface area (Å²) in [6, 6.07) is 12.5. The van der Waals surface area contributed by atoms with Gasteiger partial charge in [-0.1, -0.05) is 30.3 Å². The first-order valence-electron chi connectivity index (χ1n) is 9.54. The van der Waals surface area contributed by atoms with Crippen LogP contribution in [0, 0.1) is 25.2 Å². The van der Waals surface area contributed by atoms with Gasteiger partial charge in [-0.2, -0.15) is 5.26 Å². The molecule has 7 nitrogen and oxygen atoms in total. The third-order valence-corrected chi connectivity index (χ3v) is 4.76. The third kappa shape index (κ3) is 5.37. The Morgan fingerprint density at radius 2 is 1.90 bits per heavy atom. The minimum atomic E-state index is -1.13. The van der Waals surface area contributed by atoms with Crippen LogP contribution in [0.1, 0.15) is 28.6 Å². The maximum Gasteiger partial charge on any atom is 0.350 e. The van der Waals surface area contributed by atoms with Crippen LogP contribution in [0.4, 0.5) is 0 Å². The van der Waals surface area contributed by atoms with Crippen LogP contribution in [-0.2, 0) is 25.6 Å². The van der Waals surface area contributed by atoms with Gasteiger partial charge in [-0.05, 0) is 31.6 Å². The predicted molar refractivity (Wildman–Crippen MR) is 113 cm³/mol. The van der Waals surface area contributed by atoms with Crippen LogP contribution in [0.3, 0.4) is 0 Å². The molecule has 1 unspecified atom stereocenters. The zero-order chi connectivity index (χ0) is 22.3. The lowest BCUT2D eigenvalue weighted by atomic mass is 10.1. The Labute approximate surface area is 177 Å². The van der Waals surface area contributed by atoms with Crippen LogP contribution in [0.15, 0.2) is 42.0 Å². The topological polar surface area (TPSA) is 84.6 Å². The van der Waals surface area contributed by atoms with Crippen LogP contribution in [0.25, 0.3) is 6.08 Å². The van der Waals surface area contributed by atoms with E-state index in [-0.39, 0.29) is 11.5 Å². The molecule has 1 atom stereocenters. The van der Waals surface area contributed by atoms with E-state index < -0.39 is 12.1 Å². The molecule has 1 amide bonds. The minimum Gasteiger partial charge on any atom is -0.443 e. The number of methoxy groups -OCH3 is 1. The number of hydrogen-bond acceptors (Lipinski definition) is 5. The van der Waals surface area contributed by atoms with E-state index >= 15 is 0 Å². The molecule has 0 spiro atoms. The monoisotopic (exact) mass is 409 g/mol. The van der Waals surface area contributed by atoms with E-state index in [1.807, 2.05) is 32.0 Å². The fraction of sp³-hybridized carbons (Fsp3) is 0.348. The standard InChI is InChI=1S/C23H27N3O4/c1-16-13-19(17(2)26(16)11-12-29-5)14-20(15-24)23(28)30-21(22(27)25(3)4)18-9-7-6-8-10-18/h6-10,13-14,21H,11-12H2,1-5H3/b20-14+. The number of nitriles is 1. The van der Waals surface area contributed by atoms with Crippen molar-refractivity contribution in [2.45, 2.75) is 26.5 Å². The Kier molecular flexibility index (Phi) is 7.96. The van der Waals surface area contributed by atoms with Crippen LogP contribution in [0.2, 0.25) is 0 Å². The van der Waals surface area contributed by atoms with E-state index in [0.29, 0.717) is 18.7 Å². The van der Waals surface area contributed by atoms with Gasteiger partial charge in [-0.15, -0.1) is 0 Å². The van der Waals surface area contributed by atoms with Gasteiger partial charge in [-0.25, -0.2) is 4.79 Å². The van der Waals surface area contributed by atoms with Gasteiger partial charge in [0.1, 0.15) is 11.6 Å². The largest absolute Gasteiger partial charge is 0.443 e. The number of carbonyl (C=O) groups excluding carboxylic acids is 2. The zero-order valence-electron chi connectivity index (χ0n) is 18.0. The molecule has 7 heteroatoms. The molecule has 1 aromatic heterocycles. The number of ether oxygens (including phenoxy) is 2. The summed E-state index contributed by atoms with van der Waals surface area (Å²) in [4.78, 5) is 26.7. The Balaban J connectivity index is 2.33. The second-order valence-corrected chi connectivity index (χ2v) is 7.07. The quantitative estimate of drug-likeness (QED) is 0.380. The van der Waals surface area contributed by atoms with Crippen molar-refractivity contribution < 1.29 is 19.1 Å². The van der Waals surface area contributed by atoms with E-state index in [4.69, 9.17) is 9.47 Å². The van der Waals surface area contributed by atoms with Crippen LogP contribution >= 0.6 is 0 Å². The van der Waals surface area contributed by atoms with Gasteiger partial charge >= 0.3 is 5.97 Å². The summed E-state index contributed by atoms with van der Waals surface area (Å²) < 4.78 is 12.7. The number of rotatable bonds is 8. The molecule has 30 heavy (non-hydrogen) atoms. The molecule has 0 bridgehead atoms. The molecule has 2 rings (SSSR count). The van der Waals surface area contributed by atoms with Crippen LogP contribution < -0.4 is 0 Å². The van der Waals surface area contributed by atoms with Gasteiger partial charge in [0.2, 0.25) is 6.10 Å². The highest BCUT2D eigenvalue weighted by molar-refractivity contribution is 5.99. The van der Waals surface area contributed by atoms with E-state index in [0.717, 1.165) is 17.0 Å². The lowest BCUT2D eigenvalue weighted by Crippen LogP contribution is -2.31. The molecule has 158 valence electrons. The summed E-state index contributed by atoms with van der Waals surface area (Å²) in [5.41, 5.74) is 3.02. The minimum absolute atomic E-state index is 0.172. The van der Waals surface area contributed by atoms with Crippen molar-refractivity contribution in [1.29, 1.82) is 5.26 Å². The number of carbonyl (C=O) groups is 2. The van der Waals surface area contributed by atoms with Gasteiger partial charge in [-0.3, -0.25) is 4.79 Å². The van der Waals surface area contributed by atoms with Gasteiger partial charge in [0, 0.05) is 44.7 Å². The smallest absolute Gasteiger partial charge is 0.350 e. The second-order valence-electron chi connectivity index (χ2n) is 7.07. The van der Waals surface area contributed by atoms with Gasteiger partial charge in [0.15, 0.2) is 0 Å². The second kappa shape index (κ2) is 10.4. The number of aromatic nitrogens is 1. The molecule has 0 aliphatic rings.